The zero-order valence-electron chi connectivity index (χ0n) is 18.6. The van der Waals surface area contributed by atoms with E-state index in [1.165, 1.54) is 0 Å². The van der Waals surface area contributed by atoms with Gasteiger partial charge in [-0.1, -0.05) is 30.3 Å². The normalized spacial score (nSPS) is 15.9. The second kappa shape index (κ2) is 5.72. The van der Waals surface area contributed by atoms with Gasteiger partial charge in [0.1, 0.15) is 7.05 Å². The highest BCUT2D eigenvalue weighted by Gasteiger charge is 2.16. The van der Waals surface area contributed by atoms with Crippen LogP contribution >= 0.6 is 0 Å². The van der Waals surface area contributed by atoms with Crippen molar-refractivity contribution < 1.29 is 12.8 Å². The van der Waals surface area contributed by atoms with Gasteiger partial charge in [-0.05, 0) is 38.3 Å². The van der Waals surface area contributed by atoms with E-state index >= 15 is 0 Å². The highest BCUT2D eigenvalue weighted by molar-refractivity contribution is 5.73. The van der Waals surface area contributed by atoms with Crippen LogP contribution in [0.2, 0.25) is 0 Å². The Hall–Kier alpha value is -2.48. The van der Waals surface area contributed by atoms with Crippen molar-refractivity contribution in [1.29, 1.82) is 0 Å². The lowest BCUT2D eigenvalue weighted by Crippen LogP contribution is -2.31. The van der Waals surface area contributed by atoms with E-state index in [2.05, 4.69) is 4.98 Å². The molecule has 110 valence electrons. The number of aryl methyl sites for hydroxylation is 4. The lowest BCUT2D eigenvalue weighted by atomic mass is 9.99. The number of rotatable bonds is 2. The molecule has 0 saturated carbocycles. The third-order valence-electron chi connectivity index (χ3n) is 3.71. The van der Waals surface area contributed by atoms with Gasteiger partial charge in [-0.15, -0.1) is 0 Å². The number of hydrogen-bond acceptors (Lipinski definition) is 1. The summed E-state index contributed by atoms with van der Waals surface area (Å²) in [5.41, 5.74) is 3.69. The first-order chi connectivity index (χ1) is 13.0. The van der Waals surface area contributed by atoms with E-state index in [-0.39, 0.29) is 11.3 Å². The van der Waals surface area contributed by atoms with Crippen molar-refractivity contribution >= 4 is 0 Å². The van der Waals surface area contributed by atoms with Crippen molar-refractivity contribution in [2.75, 3.05) is 0 Å². The van der Waals surface area contributed by atoms with Gasteiger partial charge in [0.25, 0.3) is 0 Å². The summed E-state index contributed by atoms with van der Waals surface area (Å²) in [6, 6.07) is 14.4. The van der Waals surface area contributed by atoms with Crippen LogP contribution in [0.15, 0.2) is 54.7 Å². The van der Waals surface area contributed by atoms with Crippen LogP contribution in [0.3, 0.4) is 0 Å². The number of benzene rings is 1. The first-order valence-electron chi connectivity index (χ1n) is 10.1. The molecule has 0 unspecified atom stereocenters. The Balaban J connectivity index is 2.24. The molecule has 0 aliphatic heterocycles. The van der Waals surface area contributed by atoms with Gasteiger partial charge in [-0.2, -0.15) is 0 Å². The molecule has 2 heteroatoms. The monoisotopic (exact) mass is 295 g/mol. The molecule has 0 bridgehead atoms. The molecule has 0 spiro atoms. The summed E-state index contributed by atoms with van der Waals surface area (Å²) >= 11 is 0. The van der Waals surface area contributed by atoms with E-state index in [9.17, 15) is 0 Å². The van der Waals surface area contributed by atoms with Gasteiger partial charge < -0.3 is 0 Å². The molecule has 3 aromatic rings. The first-order valence-corrected chi connectivity index (χ1v) is 7.06. The van der Waals surface area contributed by atoms with Crippen molar-refractivity contribution in [1.82, 2.24) is 4.98 Å². The Bertz CT molecular complexity index is 1010. The van der Waals surface area contributed by atoms with Crippen molar-refractivity contribution in [2.45, 2.75) is 20.6 Å². The molecule has 0 radical (unpaired) electrons. The molecule has 22 heavy (non-hydrogen) atoms. The molecule has 0 fully saturated rings. The summed E-state index contributed by atoms with van der Waals surface area (Å²) in [5, 5.41) is 0. The Morgan fingerprint density at radius 3 is 2.45 bits per heavy atom. The third-order valence-corrected chi connectivity index (χ3v) is 3.71. The molecule has 0 amide bonds. The maximum absolute atomic E-state index is 7.88. The summed E-state index contributed by atoms with van der Waals surface area (Å²) in [6.07, 6.45) is 1.57. The number of hydrogen-bond donors (Lipinski definition) is 0. The SMILES string of the molecule is [2H]C([2H])([2H])c1ccc(-c2cc(-c3ccccc3)c(C([2H])([2H])[2H])nc2C)[n+](C)c1. The fourth-order valence-electron chi connectivity index (χ4n) is 2.59. The highest BCUT2D eigenvalue weighted by Crippen LogP contribution is 2.28. The van der Waals surface area contributed by atoms with Gasteiger partial charge >= 0.3 is 0 Å². The minimum absolute atomic E-state index is 0.0571. The molecule has 0 saturated heterocycles. The van der Waals surface area contributed by atoms with Gasteiger partial charge in [-0.3, -0.25) is 4.98 Å². The summed E-state index contributed by atoms with van der Waals surface area (Å²) in [7, 11) is 1.77. The molecule has 0 N–H and O–H groups in total. The van der Waals surface area contributed by atoms with Gasteiger partial charge in [-0.25, -0.2) is 4.57 Å². The van der Waals surface area contributed by atoms with Gasteiger partial charge in [0.05, 0.1) is 11.3 Å². The average Bonchev–Trinajstić information content (AvgIpc) is 2.61. The van der Waals surface area contributed by atoms with Crippen LogP contribution in [-0.4, -0.2) is 4.98 Å². The quantitative estimate of drug-likeness (QED) is 0.649. The Labute approximate surface area is 140 Å². The largest absolute Gasteiger partial charge is 0.257 e. The summed E-state index contributed by atoms with van der Waals surface area (Å²) in [4.78, 5) is 4.42. The summed E-state index contributed by atoms with van der Waals surface area (Å²) in [6.45, 7) is -2.78. The molecular weight excluding hydrogens is 268 g/mol. The number of aromatic nitrogens is 2. The topological polar surface area (TPSA) is 16.8 Å². The molecule has 0 aliphatic rings. The van der Waals surface area contributed by atoms with Crippen LogP contribution in [0.5, 0.6) is 0 Å². The van der Waals surface area contributed by atoms with E-state index in [0.717, 1.165) is 16.8 Å². The van der Waals surface area contributed by atoms with Crippen LogP contribution in [0.25, 0.3) is 22.4 Å². The fourth-order valence-corrected chi connectivity index (χ4v) is 2.59. The standard InChI is InChI=1S/C20H21N2/c1-14-10-11-20(22(4)13-14)19-12-18(15(2)21-16(19)3)17-8-6-5-7-9-17/h5-13H,1-4H3/q+1/i1D3,2D3. The van der Waals surface area contributed by atoms with E-state index in [4.69, 9.17) is 8.22 Å². The molecule has 2 aromatic heterocycles. The summed E-state index contributed by atoms with van der Waals surface area (Å²) in [5.74, 6) is 0. The Kier molecular flexibility index (Phi) is 2.30. The van der Waals surface area contributed by atoms with E-state index in [1.54, 1.807) is 36.9 Å². The number of pyridine rings is 2. The van der Waals surface area contributed by atoms with Gasteiger partial charge in [0.2, 0.25) is 5.69 Å². The van der Waals surface area contributed by atoms with Crippen molar-refractivity contribution in [3.8, 4) is 22.4 Å². The first kappa shape index (κ1) is 8.84. The molecule has 0 atom stereocenters. The lowest BCUT2D eigenvalue weighted by molar-refractivity contribution is -0.660. The van der Waals surface area contributed by atoms with Crippen molar-refractivity contribution in [2.24, 2.45) is 7.05 Å². The molecule has 0 aliphatic carbocycles. The van der Waals surface area contributed by atoms with Crippen LogP contribution in [0, 0.1) is 20.6 Å². The fraction of sp³-hybridized carbons (Fsp3) is 0.200. The second-order valence-corrected chi connectivity index (χ2v) is 5.30. The second-order valence-electron chi connectivity index (χ2n) is 5.30. The molecule has 2 heterocycles. The third kappa shape index (κ3) is 2.64. The predicted molar refractivity (Wildman–Crippen MR) is 90.5 cm³/mol. The van der Waals surface area contributed by atoms with Crippen LogP contribution in [-0.2, 0) is 7.05 Å². The van der Waals surface area contributed by atoms with E-state index < -0.39 is 13.7 Å². The average molecular weight is 295 g/mol. The molecular formula is C20H21N2+. The van der Waals surface area contributed by atoms with Crippen molar-refractivity contribution in [3.63, 3.8) is 0 Å². The zero-order valence-corrected chi connectivity index (χ0v) is 12.6. The van der Waals surface area contributed by atoms with Gasteiger partial charge in [0.15, 0.2) is 6.20 Å². The minimum atomic E-state index is -2.35. The van der Waals surface area contributed by atoms with Crippen LogP contribution in [0.4, 0.5) is 0 Å². The minimum Gasteiger partial charge on any atom is -0.257 e. The maximum atomic E-state index is 7.88. The van der Waals surface area contributed by atoms with E-state index in [1.807, 2.05) is 36.4 Å². The maximum Gasteiger partial charge on any atom is 0.214 e. The lowest BCUT2D eigenvalue weighted by Gasteiger charge is -2.11. The van der Waals surface area contributed by atoms with Crippen molar-refractivity contribution in [3.05, 3.63) is 71.7 Å². The number of nitrogens with zero attached hydrogens (tertiary/aromatic N) is 2. The van der Waals surface area contributed by atoms with E-state index in [0.29, 0.717) is 11.3 Å². The Morgan fingerprint density at radius 1 is 0.955 bits per heavy atom. The summed E-state index contributed by atoms with van der Waals surface area (Å²) < 4.78 is 48.1. The smallest absolute Gasteiger partial charge is 0.214 e. The Morgan fingerprint density at radius 2 is 1.77 bits per heavy atom. The predicted octanol–water partition coefficient (Wildman–Crippen LogP) is 4.17. The molecule has 3 rings (SSSR count). The molecule has 2 nitrogen and oxygen atoms in total. The highest BCUT2D eigenvalue weighted by atomic mass is 14.9. The van der Waals surface area contributed by atoms with Crippen LogP contribution < -0.4 is 4.57 Å². The van der Waals surface area contributed by atoms with Gasteiger partial charge in [0, 0.05) is 31.1 Å². The zero-order chi connectivity index (χ0) is 20.7. The van der Waals surface area contributed by atoms with Crippen LogP contribution in [0.1, 0.15) is 25.2 Å². The molecule has 1 aromatic carbocycles.